The van der Waals surface area contributed by atoms with Crippen LogP contribution < -0.4 is 5.32 Å². The minimum atomic E-state index is 0.185. The summed E-state index contributed by atoms with van der Waals surface area (Å²) in [5, 5.41) is 12.8. The van der Waals surface area contributed by atoms with E-state index in [1.807, 2.05) is 6.07 Å². The lowest BCUT2D eigenvalue weighted by Crippen LogP contribution is -2.06. The van der Waals surface area contributed by atoms with Crippen molar-refractivity contribution < 1.29 is 0 Å². The minimum Gasteiger partial charge on any atom is -0.378 e. The zero-order valence-electron chi connectivity index (χ0n) is 12.4. The number of hydrogen-bond acceptors (Lipinski definition) is 2. The molecule has 0 aliphatic rings. The molecule has 2 rings (SSSR count). The molecule has 1 atom stereocenters. The first kappa shape index (κ1) is 15.4. The van der Waals surface area contributed by atoms with Gasteiger partial charge in [0.05, 0.1) is 10.6 Å². The first-order chi connectivity index (χ1) is 10.1. The third-order valence-corrected chi connectivity index (χ3v) is 3.80. The molecule has 0 spiro atoms. The Morgan fingerprint density at radius 1 is 1.19 bits per heavy atom. The largest absolute Gasteiger partial charge is 0.378 e. The molecule has 0 aromatic heterocycles. The van der Waals surface area contributed by atoms with E-state index in [-0.39, 0.29) is 6.04 Å². The van der Waals surface area contributed by atoms with Crippen molar-refractivity contribution >= 4 is 17.3 Å². The van der Waals surface area contributed by atoms with Crippen LogP contribution in [-0.4, -0.2) is 0 Å². The predicted octanol–water partition coefficient (Wildman–Crippen LogP) is 5.34. The van der Waals surface area contributed by atoms with Crippen LogP contribution in [0, 0.1) is 11.3 Å². The third kappa shape index (κ3) is 4.00. The maximum atomic E-state index is 8.88. The Balaban J connectivity index is 2.08. The van der Waals surface area contributed by atoms with Gasteiger partial charge in [-0.1, -0.05) is 49.2 Å². The quantitative estimate of drug-likeness (QED) is 0.809. The zero-order chi connectivity index (χ0) is 15.2. The average Bonchev–Trinajstić information content (AvgIpc) is 2.48. The van der Waals surface area contributed by atoms with E-state index in [4.69, 9.17) is 16.9 Å². The fourth-order valence-electron chi connectivity index (χ4n) is 2.29. The van der Waals surface area contributed by atoms with Crippen LogP contribution in [0.4, 0.5) is 5.69 Å². The molecule has 0 heterocycles. The highest BCUT2D eigenvalue weighted by Gasteiger charge is 2.07. The molecule has 0 bridgehead atoms. The summed E-state index contributed by atoms with van der Waals surface area (Å²) in [6.45, 7) is 4.30. The van der Waals surface area contributed by atoms with E-state index in [1.165, 1.54) is 11.1 Å². The van der Waals surface area contributed by atoms with Crippen LogP contribution >= 0.6 is 11.6 Å². The van der Waals surface area contributed by atoms with E-state index >= 15 is 0 Å². The highest BCUT2D eigenvalue weighted by Crippen LogP contribution is 2.24. The molecule has 0 saturated carbocycles. The molecule has 2 aromatic carbocycles. The maximum Gasteiger partial charge on any atom is 0.101 e. The molecule has 2 nitrogen and oxygen atoms in total. The Kier molecular flexibility index (Phi) is 5.25. The van der Waals surface area contributed by atoms with E-state index < -0.39 is 0 Å². The second kappa shape index (κ2) is 7.15. The topological polar surface area (TPSA) is 35.8 Å². The lowest BCUT2D eigenvalue weighted by atomic mass is 10.0. The van der Waals surface area contributed by atoms with Gasteiger partial charge in [-0.3, -0.25) is 0 Å². The molecule has 2 aromatic rings. The summed E-state index contributed by atoms with van der Waals surface area (Å²) < 4.78 is 0. The summed E-state index contributed by atoms with van der Waals surface area (Å²) in [7, 11) is 0. The molecule has 0 saturated heterocycles. The van der Waals surface area contributed by atoms with Crippen LogP contribution in [0.1, 0.15) is 43.0 Å². The van der Waals surface area contributed by atoms with Crippen molar-refractivity contribution in [2.45, 2.75) is 32.7 Å². The molecule has 0 radical (unpaired) electrons. The molecular weight excluding hydrogens is 280 g/mol. The van der Waals surface area contributed by atoms with Gasteiger partial charge in [0.1, 0.15) is 6.07 Å². The van der Waals surface area contributed by atoms with E-state index in [9.17, 15) is 0 Å². The summed E-state index contributed by atoms with van der Waals surface area (Å²) in [6, 6.07) is 16.4. The van der Waals surface area contributed by atoms with E-state index in [1.54, 1.807) is 12.1 Å². The van der Waals surface area contributed by atoms with Crippen molar-refractivity contribution in [3.63, 3.8) is 0 Å². The van der Waals surface area contributed by atoms with Crippen LogP contribution in [0.5, 0.6) is 0 Å². The van der Waals surface area contributed by atoms with Crippen LogP contribution in [0.15, 0.2) is 42.5 Å². The van der Waals surface area contributed by atoms with Crippen molar-refractivity contribution in [1.29, 1.82) is 5.26 Å². The van der Waals surface area contributed by atoms with E-state index in [0.717, 1.165) is 18.5 Å². The van der Waals surface area contributed by atoms with Gasteiger partial charge in [0.15, 0.2) is 0 Å². The number of nitriles is 1. The second-order valence-corrected chi connectivity index (χ2v) is 5.57. The summed E-state index contributed by atoms with van der Waals surface area (Å²) in [6.07, 6.45) is 2.28. The number of halogens is 1. The lowest BCUT2D eigenvalue weighted by Gasteiger charge is -2.16. The van der Waals surface area contributed by atoms with Gasteiger partial charge in [-0.25, -0.2) is 0 Å². The summed E-state index contributed by atoms with van der Waals surface area (Å²) in [5.41, 5.74) is 4.02. The van der Waals surface area contributed by atoms with Crippen molar-refractivity contribution in [2.75, 3.05) is 5.32 Å². The summed E-state index contributed by atoms with van der Waals surface area (Å²) >= 11 is 6.05. The smallest absolute Gasteiger partial charge is 0.101 e. The Morgan fingerprint density at radius 3 is 2.48 bits per heavy atom. The number of benzene rings is 2. The standard InChI is InChI=1S/C18H19ClN2/c1-3-4-14-5-7-15(8-6-14)13(2)21-17-10-9-16(12-20)18(19)11-17/h5-11,13,21H,3-4H2,1-2H3. The lowest BCUT2D eigenvalue weighted by molar-refractivity contribution is 0.876. The summed E-state index contributed by atoms with van der Waals surface area (Å²) in [5.74, 6) is 0. The first-order valence-corrected chi connectivity index (χ1v) is 7.57. The van der Waals surface area contributed by atoms with Crippen LogP contribution in [0.3, 0.4) is 0 Å². The number of nitrogens with zero attached hydrogens (tertiary/aromatic N) is 1. The van der Waals surface area contributed by atoms with Gasteiger partial charge >= 0.3 is 0 Å². The number of anilines is 1. The molecule has 0 amide bonds. The molecule has 0 fully saturated rings. The Morgan fingerprint density at radius 2 is 1.90 bits per heavy atom. The number of nitrogens with one attached hydrogen (secondary N) is 1. The van der Waals surface area contributed by atoms with Gasteiger partial charge in [0, 0.05) is 11.7 Å². The molecule has 1 N–H and O–H groups in total. The van der Waals surface area contributed by atoms with Gasteiger partial charge in [0.25, 0.3) is 0 Å². The Bertz CT molecular complexity index is 641. The molecule has 21 heavy (non-hydrogen) atoms. The van der Waals surface area contributed by atoms with Crippen molar-refractivity contribution in [3.05, 3.63) is 64.2 Å². The van der Waals surface area contributed by atoms with Crippen LogP contribution in [0.2, 0.25) is 5.02 Å². The van der Waals surface area contributed by atoms with Gasteiger partial charge in [-0.15, -0.1) is 0 Å². The number of rotatable bonds is 5. The molecule has 0 aliphatic heterocycles. The second-order valence-electron chi connectivity index (χ2n) is 5.16. The van der Waals surface area contributed by atoms with Gasteiger partial charge in [-0.05, 0) is 42.7 Å². The highest BCUT2D eigenvalue weighted by atomic mass is 35.5. The van der Waals surface area contributed by atoms with E-state index in [2.05, 4.69) is 49.5 Å². The minimum absolute atomic E-state index is 0.185. The Labute approximate surface area is 131 Å². The zero-order valence-corrected chi connectivity index (χ0v) is 13.1. The van der Waals surface area contributed by atoms with Gasteiger partial charge in [-0.2, -0.15) is 5.26 Å². The Hall–Kier alpha value is -1.98. The van der Waals surface area contributed by atoms with Gasteiger partial charge in [0.2, 0.25) is 0 Å². The normalized spacial score (nSPS) is 11.7. The fraction of sp³-hybridized carbons (Fsp3) is 0.278. The highest BCUT2D eigenvalue weighted by molar-refractivity contribution is 6.32. The molecule has 3 heteroatoms. The van der Waals surface area contributed by atoms with E-state index in [0.29, 0.717) is 10.6 Å². The van der Waals surface area contributed by atoms with Crippen LogP contribution in [-0.2, 0) is 6.42 Å². The fourth-order valence-corrected chi connectivity index (χ4v) is 2.51. The SMILES string of the molecule is CCCc1ccc(C(C)Nc2ccc(C#N)c(Cl)c2)cc1. The molecular formula is C18H19ClN2. The predicted molar refractivity (Wildman–Crippen MR) is 88.6 cm³/mol. The maximum absolute atomic E-state index is 8.88. The molecule has 108 valence electrons. The van der Waals surface area contributed by atoms with Crippen molar-refractivity contribution in [1.82, 2.24) is 0 Å². The molecule has 0 aliphatic carbocycles. The van der Waals surface area contributed by atoms with Gasteiger partial charge < -0.3 is 5.32 Å². The molecule has 1 unspecified atom stereocenters. The summed E-state index contributed by atoms with van der Waals surface area (Å²) in [4.78, 5) is 0. The van der Waals surface area contributed by atoms with Crippen molar-refractivity contribution in [3.8, 4) is 6.07 Å². The first-order valence-electron chi connectivity index (χ1n) is 7.19. The average molecular weight is 299 g/mol. The van der Waals surface area contributed by atoms with Crippen LogP contribution in [0.25, 0.3) is 0 Å². The monoisotopic (exact) mass is 298 g/mol. The third-order valence-electron chi connectivity index (χ3n) is 3.49. The van der Waals surface area contributed by atoms with Crippen molar-refractivity contribution in [2.24, 2.45) is 0 Å². The number of hydrogen-bond donors (Lipinski definition) is 1. The number of aryl methyl sites for hydroxylation is 1.